The molecule has 2 heterocycles. The molecule has 0 spiro atoms. The maximum atomic E-state index is 5.92. The standard InChI is InChI=1S/C8H10ClN3/c1-12-3-2-6-7(4-12)10-5-11-8(6)9/h5H,2-4H2,1H3. The number of fused-ring (bicyclic) bond motifs is 1. The molecule has 2 rings (SSSR count). The van der Waals surface area contributed by atoms with Crippen molar-refractivity contribution in [3.8, 4) is 0 Å². The van der Waals surface area contributed by atoms with Crippen molar-refractivity contribution in [2.24, 2.45) is 0 Å². The Morgan fingerprint density at radius 1 is 1.50 bits per heavy atom. The molecular formula is C8H10ClN3. The van der Waals surface area contributed by atoms with E-state index in [-0.39, 0.29) is 0 Å². The number of hydrogen-bond acceptors (Lipinski definition) is 3. The average molecular weight is 184 g/mol. The molecule has 12 heavy (non-hydrogen) atoms. The van der Waals surface area contributed by atoms with E-state index in [2.05, 4.69) is 21.9 Å². The van der Waals surface area contributed by atoms with Gasteiger partial charge in [0.1, 0.15) is 11.5 Å². The largest absolute Gasteiger partial charge is 0.300 e. The van der Waals surface area contributed by atoms with Crippen LogP contribution in [-0.4, -0.2) is 28.5 Å². The summed E-state index contributed by atoms with van der Waals surface area (Å²) in [4.78, 5) is 10.4. The minimum atomic E-state index is 0.619. The smallest absolute Gasteiger partial charge is 0.135 e. The molecule has 0 saturated heterocycles. The zero-order valence-corrected chi connectivity index (χ0v) is 7.67. The predicted molar refractivity (Wildman–Crippen MR) is 47.1 cm³/mol. The monoisotopic (exact) mass is 183 g/mol. The highest BCUT2D eigenvalue weighted by atomic mass is 35.5. The van der Waals surface area contributed by atoms with Gasteiger partial charge in [0.2, 0.25) is 0 Å². The summed E-state index contributed by atoms with van der Waals surface area (Å²) in [6.45, 7) is 1.93. The maximum absolute atomic E-state index is 5.92. The van der Waals surface area contributed by atoms with Crippen LogP contribution in [0.4, 0.5) is 0 Å². The van der Waals surface area contributed by atoms with E-state index < -0.39 is 0 Å². The Labute approximate surface area is 76.4 Å². The van der Waals surface area contributed by atoms with Crippen molar-refractivity contribution in [3.63, 3.8) is 0 Å². The first-order valence-corrected chi connectivity index (χ1v) is 4.32. The quantitative estimate of drug-likeness (QED) is 0.565. The fourth-order valence-electron chi connectivity index (χ4n) is 1.45. The second-order valence-corrected chi connectivity index (χ2v) is 3.44. The van der Waals surface area contributed by atoms with Gasteiger partial charge in [0, 0.05) is 18.7 Å². The lowest BCUT2D eigenvalue weighted by atomic mass is 10.1. The minimum Gasteiger partial charge on any atom is -0.300 e. The molecule has 0 unspecified atom stereocenters. The van der Waals surface area contributed by atoms with Crippen LogP contribution in [0.15, 0.2) is 6.33 Å². The summed E-state index contributed by atoms with van der Waals surface area (Å²) >= 11 is 5.92. The average Bonchev–Trinajstić information content (AvgIpc) is 2.04. The molecule has 0 fully saturated rings. The lowest BCUT2D eigenvalue weighted by Crippen LogP contribution is -2.27. The molecule has 1 aliphatic heterocycles. The van der Waals surface area contributed by atoms with Crippen LogP contribution in [-0.2, 0) is 13.0 Å². The zero-order valence-electron chi connectivity index (χ0n) is 6.92. The van der Waals surface area contributed by atoms with Crippen molar-refractivity contribution >= 4 is 11.6 Å². The van der Waals surface area contributed by atoms with E-state index in [9.17, 15) is 0 Å². The number of likely N-dealkylation sites (N-methyl/N-ethyl adjacent to an activating group) is 1. The highest BCUT2D eigenvalue weighted by Crippen LogP contribution is 2.20. The van der Waals surface area contributed by atoms with E-state index >= 15 is 0 Å². The third-order valence-corrected chi connectivity index (χ3v) is 2.47. The number of hydrogen-bond donors (Lipinski definition) is 0. The van der Waals surface area contributed by atoms with E-state index in [0.29, 0.717) is 5.15 Å². The lowest BCUT2D eigenvalue weighted by molar-refractivity contribution is 0.307. The molecule has 0 N–H and O–H groups in total. The van der Waals surface area contributed by atoms with Gasteiger partial charge in [0.05, 0.1) is 5.69 Å². The Morgan fingerprint density at radius 3 is 3.17 bits per heavy atom. The Morgan fingerprint density at radius 2 is 2.33 bits per heavy atom. The first-order chi connectivity index (χ1) is 5.77. The van der Waals surface area contributed by atoms with Gasteiger partial charge in [0.25, 0.3) is 0 Å². The van der Waals surface area contributed by atoms with Crippen molar-refractivity contribution in [1.29, 1.82) is 0 Å². The lowest BCUT2D eigenvalue weighted by Gasteiger charge is -2.23. The van der Waals surface area contributed by atoms with E-state index in [4.69, 9.17) is 11.6 Å². The summed E-state index contributed by atoms with van der Waals surface area (Å²) in [5.41, 5.74) is 2.20. The van der Waals surface area contributed by atoms with Crippen LogP contribution in [0.5, 0.6) is 0 Å². The summed E-state index contributed by atoms with van der Waals surface area (Å²) in [6.07, 6.45) is 2.49. The molecule has 1 aromatic heterocycles. The van der Waals surface area contributed by atoms with Crippen LogP contribution in [0.1, 0.15) is 11.3 Å². The first kappa shape index (κ1) is 7.95. The van der Waals surface area contributed by atoms with Gasteiger partial charge in [-0.05, 0) is 13.5 Å². The van der Waals surface area contributed by atoms with E-state index in [1.807, 2.05) is 0 Å². The molecule has 4 heteroatoms. The SMILES string of the molecule is CN1CCc2c(Cl)ncnc2C1. The molecule has 0 saturated carbocycles. The molecule has 64 valence electrons. The van der Waals surface area contributed by atoms with Crippen molar-refractivity contribution in [2.75, 3.05) is 13.6 Å². The van der Waals surface area contributed by atoms with Gasteiger partial charge in [-0.2, -0.15) is 0 Å². The third kappa shape index (κ3) is 1.30. The van der Waals surface area contributed by atoms with Crippen LogP contribution in [0.3, 0.4) is 0 Å². The van der Waals surface area contributed by atoms with Gasteiger partial charge >= 0.3 is 0 Å². The van der Waals surface area contributed by atoms with Crippen molar-refractivity contribution < 1.29 is 0 Å². The summed E-state index contributed by atoms with van der Waals surface area (Å²) in [7, 11) is 2.08. The molecule has 3 nitrogen and oxygen atoms in total. The number of aromatic nitrogens is 2. The van der Waals surface area contributed by atoms with Crippen molar-refractivity contribution in [1.82, 2.24) is 14.9 Å². The second-order valence-electron chi connectivity index (χ2n) is 3.08. The molecule has 0 atom stereocenters. The van der Waals surface area contributed by atoms with Gasteiger partial charge in [-0.3, -0.25) is 0 Å². The molecule has 0 bridgehead atoms. The van der Waals surface area contributed by atoms with Gasteiger partial charge < -0.3 is 4.90 Å². The molecule has 0 radical (unpaired) electrons. The molecule has 1 aliphatic rings. The highest BCUT2D eigenvalue weighted by Gasteiger charge is 2.16. The van der Waals surface area contributed by atoms with Crippen LogP contribution < -0.4 is 0 Å². The summed E-state index contributed by atoms with van der Waals surface area (Å²) in [5.74, 6) is 0. The minimum absolute atomic E-state index is 0.619. The van der Waals surface area contributed by atoms with Crippen LogP contribution in [0.2, 0.25) is 5.15 Å². The fraction of sp³-hybridized carbons (Fsp3) is 0.500. The maximum Gasteiger partial charge on any atom is 0.135 e. The van der Waals surface area contributed by atoms with Gasteiger partial charge in [0.15, 0.2) is 0 Å². The third-order valence-electron chi connectivity index (χ3n) is 2.15. The van der Waals surface area contributed by atoms with Crippen molar-refractivity contribution in [3.05, 3.63) is 22.7 Å². The summed E-state index contributed by atoms with van der Waals surface area (Å²) in [6, 6.07) is 0. The second kappa shape index (κ2) is 2.99. The topological polar surface area (TPSA) is 29.0 Å². The normalized spacial score (nSPS) is 17.5. The summed E-state index contributed by atoms with van der Waals surface area (Å²) < 4.78 is 0. The predicted octanol–water partition coefficient (Wildman–Crippen LogP) is 1.12. The number of rotatable bonds is 0. The van der Waals surface area contributed by atoms with E-state index in [1.54, 1.807) is 0 Å². The molecule has 0 aliphatic carbocycles. The van der Waals surface area contributed by atoms with E-state index in [0.717, 1.165) is 30.8 Å². The number of nitrogens with zero attached hydrogens (tertiary/aromatic N) is 3. The van der Waals surface area contributed by atoms with Crippen molar-refractivity contribution in [2.45, 2.75) is 13.0 Å². The van der Waals surface area contributed by atoms with Crippen LogP contribution >= 0.6 is 11.6 Å². The Bertz CT molecular complexity index is 300. The Kier molecular flexibility index (Phi) is 1.98. The number of halogens is 1. The van der Waals surface area contributed by atoms with Gasteiger partial charge in [-0.15, -0.1) is 0 Å². The Hall–Kier alpha value is -0.670. The molecule has 0 amide bonds. The molecular weight excluding hydrogens is 174 g/mol. The highest BCUT2D eigenvalue weighted by molar-refractivity contribution is 6.30. The molecule has 1 aromatic rings. The first-order valence-electron chi connectivity index (χ1n) is 3.94. The van der Waals surface area contributed by atoms with Gasteiger partial charge in [-0.25, -0.2) is 9.97 Å². The summed E-state index contributed by atoms with van der Waals surface area (Å²) in [5, 5.41) is 0.619. The Balaban J connectivity index is 2.42. The zero-order chi connectivity index (χ0) is 8.55. The fourth-order valence-corrected chi connectivity index (χ4v) is 1.69. The van der Waals surface area contributed by atoms with E-state index in [1.165, 1.54) is 6.33 Å². The molecule has 0 aromatic carbocycles. The van der Waals surface area contributed by atoms with Gasteiger partial charge in [-0.1, -0.05) is 11.6 Å². The van der Waals surface area contributed by atoms with Crippen LogP contribution in [0.25, 0.3) is 0 Å². The van der Waals surface area contributed by atoms with Crippen LogP contribution in [0, 0.1) is 0 Å².